The molecule has 0 saturated carbocycles. The first-order valence-corrected chi connectivity index (χ1v) is 2.57. The molecule has 0 aromatic heterocycles. The van der Waals surface area contributed by atoms with Crippen molar-refractivity contribution < 1.29 is 0 Å². The predicted molar refractivity (Wildman–Crippen MR) is 33.0 cm³/mol. The van der Waals surface area contributed by atoms with E-state index in [4.69, 9.17) is 0 Å². The van der Waals surface area contributed by atoms with Crippen molar-refractivity contribution in [3.05, 3.63) is 11.0 Å². The Hall–Kier alpha value is 0.0900. The van der Waals surface area contributed by atoms with Crippen molar-refractivity contribution in [3.63, 3.8) is 0 Å². The average molecular weight is 102 g/mol. The topological polar surface area (TPSA) is 0 Å². The Morgan fingerprint density at radius 1 is 1.83 bits per heavy atom. The van der Waals surface area contributed by atoms with Crippen LogP contribution in [0.25, 0.3) is 0 Å². The molecule has 0 aliphatic heterocycles. The molecule has 0 unspecified atom stereocenters. The van der Waals surface area contributed by atoms with E-state index in [-0.39, 0.29) is 0 Å². The Morgan fingerprint density at radius 3 is 2.33 bits per heavy atom. The second-order valence-electron chi connectivity index (χ2n) is 1.25. The first-order chi connectivity index (χ1) is 2.77. The molecule has 36 valence electrons. The molecule has 0 radical (unpaired) electrons. The van der Waals surface area contributed by atoms with Crippen LogP contribution < -0.4 is 0 Å². The van der Waals surface area contributed by atoms with Crippen LogP contribution in [0.3, 0.4) is 0 Å². The van der Waals surface area contributed by atoms with Crippen molar-refractivity contribution in [2.24, 2.45) is 0 Å². The number of thiol groups is 1. The third-order valence-electron chi connectivity index (χ3n) is 0.500. The van der Waals surface area contributed by atoms with Crippen molar-refractivity contribution >= 4 is 12.6 Å². The van der Waals surface area contributed by atoms with Crippen molar-refractivity contribution in [2.75, 3.05) is 0 Å². The van der Waals surface area contributed by atoms with E-state index in [0.29, 0.717) is 0 Å². The Bertz CT molecular complexity index is 51.0. The first-order valence-electron chi connectivity index (χ1n) is 2.13. The molecule has 1 heteroatoms. The maximum absolute atomic E-state index is 4.04. The molecule has 0 saturated heterocycles. The molecule has 0 rings (SSSR count). The highest BCUT2D eigenvalue weighted by molar-refractivity contribution is 7.84. The van der Waals surface area contributed by atoms with E-state index >= 15 is 0 Å². The molecule has 0 atom stereocenters. The van der Waals surface area contributed by atoms with Gasteiger partial charge >= 0.3 is 0 Å². The average Bonchev–Trinajstić information content (AvgIpc) is 1.35. The summed E-state index contributed by atoms with van der Waals surface area (Å²) in [4.78, 5) is 1.11. The summed E-state index contributed by atoms with van der Waals surface area (Å²) in [5.74, 6) is 0. The number of rotatable bonds is 1. The second-order valence-corrected chi connectivity index (χ2v) is 1.96. The van der Waals surface area contributed by atoms with Crippen LogP contribution in [0.1, 0.15) is 20.3 Å². The van der Waals surface area contributed by atoms with E-state index < -0.39 is 0 Å². The summed E-state index contributed by atoms with van der Waals surface area (Å²) >= 11 is 4.04. The van der Waals surface area contributed by atoms with Gasteiger partial charge in [-0.05, 0) is 18.2 Å². The Morgan fingerprint density at radius 2 is 2.33 bits per heavy atom. The highest BCUT2D eigenvalue weighted by Gasteiger charge is 1.68. The van der Waals surface area contributed by atoms with Gasteiger partial charge in [0, 0.05) is 0 Å². The van der Waals surface area contributed by atoms with Gasteiger partial charge in [-0.2, -0.15) is 0 Å². The number of allylic oxidation sites excluding steroid dienone is 2. The molecule has 0 aromatic carbocycles. The fourth-order valence-electron chi connectivity index (χ4n) is 0.295. The fraction of sp³-hybridized carbons (Fsp3) is 0.600. The largest absolute Gasteiger partial charge is 0.149 e. The summed E-state index contributed by atoms with van der Waals surface area (Å²) in [5, 5.41) is 0. The predicted octanol–water partition coefficient (Wildman–Crippen LogP) is 2.23. The van der Waals surface area contributed by atoms with Crippen LogP contribution in [0.15, 0.2) is 11.0 Å². The standard InChI is InChI=1S/C5H10S/c1-3-4-5(2)6/h4,6H,3H2,1-2H3. The zero-order chi connectivity index (χ0) is 4.99. The monoisotopic (exact) mass is 102 g/mol. The summed E-state index contributed by atoms with van der Waals surface area (Å²) in [6.07, 6.45) is 3.17. The minimum atomic E-state index is 1.09. The van der Waals surface area contributed by atoms with Crippen LogP contribution in [0, 0.1) is 0 Å². The summed E-state index contributed by atoms with van der Waals surface area (Å²) < 4.78 is 0. The smallest absolute Gasteiger partial charge is 0.0255 e. The molecule has 0 aliphatic rings. The van der Waals surface area contributed by atoms with Crippen molar-refractivity contribution in [1.29, 1.82) is 0 Å². The van der Waals surface area contributed by atoms with Gasteiger partial charge in [0.15, 0.2) is 0 Å². The van der Waals surface area contributed by atoms with Crippen LogP contribution in [0.4, 0.5) is 0 Å². The minimum Gasteiger partial charge on any atom is -0.149 e. The summed E-state index contributed by atoms with van der Waals surface area (Å²) in [6.45, 7) is 4.08. The van der Waals surface area contributed by atoms with Gasteiger partial charge in [0.05, 0.1) is 0 Å². The lowest BCUT2D eigenvalue weighted by Crippen LogP contribution is -1.54. The Labute approximate surface area is 44.7 Å². The van der Waals surface area contributed by atoms with Crippen LogP contribution in [0.5, 0.6) is 0 Å². The molecule has 0 fully saturated rings. The zero-order valence-corrected chi connectivity index (χ0v) is 5.13. The maximum Gasteiger partial charge on any atom is -0.0255 e. The van der Waals surface area contributed by atoms with Gasteiger partial charge in [0.1, 0.15) is 0 Å². The van der Waals surface area contributed by atoms with Crippen LogP contribution in [-0.4, -0.2) is 0 Å². The number of hydrogen-bond donors (Lipinski definition) is 1. The molecule has 0 N–H and O–H groups in total. The Balaban J connectivity index is 3.14. The van der Waals surface area contributed by atoms with Gasteiger partial charge in [0.2, 0.25) is 0 Å². The lowest BCUT2D eigenvalue weighted by molar-refractivity contribution is 1.21. The second kappa shape index (κ2) is 3.29. The molecule has 6 heavy (non-hydrogen) atoms. The molecule has 0 heterocycles. The maximum atomic E-state index is 4.04. The lowest BCUT2D eigenvalue weighted by atomic mass is 10.4. The molecule has 0 aromatic rings. The minimum absolute atomic E-state index is 1.09. The molecular formula is C5H10S. The lowest BCUT2D eigenvalue weighted by Gasteiger charge is -1.79. The van der Waals surface area contributed by atoms with Gasteiger partial charge in [0.25, 0.3) is 0 Å². The molecular weight excluding hydrogens is 92.1 g/mol. The van der Waals surface area contributed by atoms with E-state index in [0.717, 1.165) is 11.3 Å². The normalized spacial score (nSPS) is 12.2. The first kappa shape index (κ1) is 6.09. The van der Waals surface area contributed by atoms with Gasteiger partial charge in [-0.15, -0.1) is 12.6 Å². The summed E-state index contributed by atoms with van der Waals surface area (Å²) in [6, 6.07) is 0. The van der Waals surface area contributed by atoms with Crippen molar-refractivity contribution in [2.45, 2.75) is 20.3 Å². The van der Waals surface area contributed by atoms with Crippen molar-refractivity contribution in [3.8, 4) is 0 Å². The third-order valence-corrected chi connectivity index (χ3v) is 0.682. The van der Waals surface area contributed by atoms with E-state index in [9.17, 15) is 0 Å². The van der Waals surface area contributed by atoms with E-state index in [2.05, 4.69) is 25.6 Å². The van der Waals surface area contributed by atoms with Crippen LogP contribution >= 0.6 is 12.6 Å². The molecule has 0 amide bonds. The molecule has 0 spiro atoms. The van der Waals surface area contributed by atoms with Crippen LogP contribution in [-0.2, 0) is 0 Å². The molecule has 0 nitrogen and oxygen atoms in total. The van der Waals surface area contributed by atoms with Gasteiger partial charge < -0.3 is 0 Å². The van der Waals surface area contributed by atoms with Gasteiger partial charge in [-0.25, -0.2) is 0 Å². The number of hydrogen-bond acceptors (Lipinski definition) is 1. The highest BCUT2D eigenvalue weighted by atomic mass is 32.1. The van der Waals surface area contributed by atoms with E-state index in [1.807, 2.05) is 6.92 Å². The van der Waals surface area contributed by atoms with Crippen molar-refractivity contribution in [1.82, 2.24) is 0 Å². The fourth-order valence-corrected chi connectivity index (χ4v) is 0.478. The van der Waals surface area contributed by atoms with E-state index in [1.165, 1.54) is 0 Å². The SMILES string of the molecule is CCC=C(C)S. The zero-order valence-electron chi connectivity index (χ0n) is 4.23. The summed E-state index contributed by atoms with van der Waals surface area (Å²) in [5.41, 5.74) is 0. The highest BCUT2D eigenvalue weighted by Crippen LogP contribution is 1.96. The quantitative estimate of drug-likeness (QED) is 0.482. The van der Waals surface area contributed by atoms with Crippen LogP contribution in [0.2, 0.25) is 0 Å². The van der Waals surface area contributed by atoms with Gasteiger partial charge in [-0.3, -0.25) is 0 Å². The van der Waals surface area contributed by atoms with Gasteiger partial charge in [-0.1, -0.05) is 13.0 Å². The third kappa shape index (κ3) is 4.09. The molecule has 0 aliphatic carbocycles. The Kier molecular flexibility index (Phi) is 3.34. The van der Waals surface area contributed by atoms with E-state index in [1.54, 1.807) is 0 Å². The molecule has 0 bridgehead atoms. The summed E-state index contributed by atoms with van der Waals surface area (Å²) in [7, 11) is 0.